The van der Waals surface area contributed by atoms with Crippen LogP contribution in [-0.2, 0) is 0 Å². The highest BCUT2D eigenvalue weighted by Crippen LogP contribution is 2.83. The molecule has 0 radical (unpaired) electrons. The summed E-state index contributed by atoms with van der Waals surface area (Å²) in [6.45, 7) is 15.2. The van der Waals surface area contributed by atoms with Crippen LogP contribution in [0.2, 0.25) is 0 Å². The van der Waals surface area contributed by atoms with Crippen LogP contribution in [0.1, 0.15) is 112 Å². The van der Waals surface area contributed by atoms with Crippen LogP contribution in [0.25, 0.3) is 0 Å². The first-order chi connectivity index (χ1) is 14.1. The van der Waals surface area contributed by atoms with Gasteiger partial charge in [0, 0.05) is 0 Å². The van der Waals surface area contributed by atoms with Crippen LogP contribution in [0.4, 0.5) is 0 Å². The minimum Gasteiger partial charge on any atom is -0.393 e. The third-order valence-electron chi connectivity index (χ3n) is 12.4. The lowest BCUT2D eigenvalue weighted by Gasteiger charge is -2.58. The van der Waals surface area contributed by atoms with Gasteiger partial charge in [-0.1, -0.05) is 66.0 Å². The van der Waals surface area contributed by atoms with Gasteiger partial charge in [0.1, 0.15) is 0 Å². The fraction of sp³-hybridized carbons (Fsp3) is 0.931. The van der Waals surface area contributed by atoms with E-state index in [0.29, 0.717) is 21.7 Å². The van der Waals surface area contributed by atoms with E-state index in [2.05, 4.69) is 47.6 Å². The predicted molar refractivity (Wildman–Crippen MR) is 126 cm³/mol. The van der Waals surface area contributed by atoms with Gasteiger partial charge in [0.05, 0.1) is 6.10 Å². The molecule has 0 aromatic rings. The molecule has 5 aliphatic rings. The van der Waals surface area contributed by atoms with E-state index in [4.69, 9.17) is 0 Å². The van der Waals surface area contributed by atoms with E-state index in [1.807, 2.05) is 5.57 Å². The van der Waals surface area contributed by atoms with Gasteiger partial charge >= 0.3 is 0 Å². The normalized spacial score (nSPS) is 51.3. The molecule has 0 amide bonds. The molecule has 9 atom stereocenters. The van der Waals surface area contributed by atoms with Crippen LogP contribution >= 0.6 is 0 Å². The van der Waals surface area contributed by atoms with Crippen molar-refractivity contribution in [3.63, 3.8) is 0 Å². The van der Waals surface area contributed by atoms with E-state index in [1.54, 1.807) is 0 Å². The molecule has 5 aliphatic carbocycles. The van der Waals surface area contributed by atoms with Crippen molar-refractivity contribution < 1.29 is 5.11 Å². The van der Waals surface area contributed by atoms with Crippen molar-refractivity contribution in [1.29, 1.82) is 0 Å². The maximum Gasteiger partial charge on any atom is 0.0546 e. The Morgan fingerprint density at radius 1 is 0.967 bits per heavy atom. The summed E-state index contributed by atoms with van der Waals surface area (Å²) in [6, 6.07) is 0. The summed E-state index contributed by atoms with van der Waals surface area (Å²) in [5.41, 5.74) is 3.88. The number of allylic oxidation sites excluding steroid dienone is 2. The van der Waals surface area contributed by atoms with E-state index in [-0.39, 0.29) is 6.10 Å². The van der Waals surface area contributed by atoms with Crippen LogP contribution in [0, 0.1) is 51.2 Å². The Kier molecular flexibility index (Phi) is 4.92. The number of rotatable bonds is 5. The van der Waals surface area contributed by atoms with Gasteiger partial charge in [-0.05, 0) is 109 Å². The highest BCUT2D eigenvalue weighted by molar-refractivity contribution is 5.41. The second kappa shape index (κ2) is 6.85. The zero-order chi connectivity index (χ0) is 21.5. The van der Waals surface area contributed by atoms with Gasteiger partial charge < -0.3 is 5.11 Å². The van der Waals surface area contributed by atoms with Crippen LogP contribution in [-0.4, -0.2) is 11.2 Å². The van der Waals surface area contributed by atoms with E-state index in [0.717, 1.165) is 42.4 Å². The monoisotopic (exact) mass is 412 g/mol. The molecule has 0 saturated heterocycles. The maximum atomic E-state index is 10.4. The highest BCUT2D eigenvalue weighted by Gasteiger charge is 2.75. The molecule has 1 nitrogen and oxygen atoms in total. The van der Waals surface area contributed by atoms with Gasteiger partial charge in [-0.15, -0.1) is 0 Å². The maximum absolute atomic E-state index is 10.4. The minimum absolute atomic E-state index is 0.0211. The number of fused-ring (bicyclic) bond motifs is 3. The fourth-order valence-electron chi connectivity index (χ4n) is 9.75. The van der Waals surface area contributed by atoms with Gasteiger partial charge in [0.15, 0.2) is 0 Å². The largest absolute Gasteiger partial charge is 0.393 e. The third-order valence-corrected chi connectivity index (χ3v) is 12.4. The molecule has 4 saturated carbocycles. The average molecular weight is 413 g/mol. The number of aliphatic hydroxyl groups excluding tert-OH is 1. The molecule has 0 bridgehead atoms. The molecule has 0 aliphatic heterocycles. The van der Waals surface area contributed by atoms with Gasteiger partial charge in [-0.25, -0.2) is 0 Å². The summed E-state index contributed by atoms with van der Waals surface area (Å²) in [4.78, 5) is 0. The van der Waals surface area contributed by atoms with Crippen LogP contribution < -0.4 is 0 Å². The number of aliphatic hydroxyl groups is 1. The minimum atomic E-state index is -0.0211. The lowest BCUT2D eigenvalue weighted by Crippen LogP contribution is -2.50. The first-order valence-electron chi connectivity index (χ1n) is 13.5. The molecular weight excluding hydrogens is 364 g/mol. The summed E-state index contributed by atoms with van der Waals surface area (Å²) < 4.78 is 0. The predicted octanol–water partition coefficient (Wildman–Crippen LogP) is 7.78. The Morgan fingerprint density at radius 2 is 1.73 bits per heavy atom. The molecular formula is C29H48O. The molecule has 1 heteroatoms. The molecule has 0 heterocycles. The smallest absolute Gasteiger partial charge is 0.0546 e. The lowest BCUT2D eigenvalue weighted by atomic mass is 9.47. The SMILES string of the molecule is CC(C)C(C)CCC(C)C1CCC2(C)C3CCC45CC(O)CCC4(C5)C3=CCC12C. The van der Waals surface area contributed by atoms with Crippen LogP contribution in [0.3, 0.4) is 0 Å². The van der Waals surface area contributed by atoms with Gasteiger partial charge in [-0.2, -0.15) is 0 Å². The quantitative estimate of drug-likeness (QED) is 0.457. The second-order valence-corrected chi connectivity index (χ2v) is 13.6. The summed E-state index contributed by atoms with van der Waals surface area (Å²) in [5.74, 6) is 4.26. The molecule has 0 spiro atoms. The van der Waals surface area contributed by atoms with Crippen LogP contribution in [0.5, 0.6) is 0 Å². The standard InChI is InChI=1S/C29H48O/c1-19(2)20(3)7-8-21(4)23-10-13-27(6)24-12-15-28-17-22(30)9-16-29(28,18-28)25(24)11-14-26(23,27)5/h11,19-24,30H,7-10,12-18H2,1-6H3. The van der Waals surface area contributed by atoms with Crippen molar-refractivity contribution in [3.05, 3.63) is 11.6 Å². The van der Waals surface area contributed by atoms with E-state index in [1.165, 1.54) is 57.8 Å². The van der Waals surface area contributed by atoms with Crippen LogP contribution in [0.15, 0.2) is 11.6 Å². The average Bonchev–Trinajstić information content (AvgIpc) is 3.30. The molecule has 9 unspecified atom stereocenters. The molecule has 1 N–H and O–H groups in total. The lowest BCUT2D eigenvalue weighted by molar-refractivity contribution is -0.0342. The zero-order valence-electron chi connectivity index (χ0n) is 20.8. The Morgan fingerprint density at radius 3 is 2.47 bits per heavy atom. The zero-order valence-corrected chi connectivity index (χ0v) is 20.8. The molecule has 0 aromatic heterocycles. The molecule has 170 valence electrons. The Hall–Kier alpha value is -0.300. The number of hydrogen-bond donors (Lipinski definition) is 1. The fourth-order valence-corrected chi connectivity index (χ4v) is 9.75. The van der Waals surface area contributed by atoms with Crippen molar-refractivity contribution >= 4 is 0 Å². The molecule has 0 aromatic carbocycles. The summed E-state index contributed by atoms with van der Waals surface area (Å²) in [6.07, 6.45) is 17.4. The van der Waals surface area contributed by atoms with Gasteiger partial charge in [0.25, 0.3) is 0 Å². The van der Waals surface area contributed by atoms with Crippen molar-refractivity contribution in [1.82, 2.24) is 0 Å². The van der Waals surface area contributed by atoms with E-state index in [9.17, 15) is 5.11 Å². The molecule has 4 fully saturated rings. The topological polar surface area (TPSA) is 20.2 Å². The highest BCUT2D eigenvalue weighted by atomic mass is 16.3. The van der Waals surface area contributed by atoms with Crippen molar-refractivity contribution in [2.24, 2.45) is 51.2 Å². The first kappa shape index (κ1) is 21.5. The summed E-state index contributed by atoms with van der Waals surface area (Å²) in [5, 5.41) is 10.4. The molecule has 30 heavy (non-hydrogen) atoms. The van der Waals surface area contributed by atoms with Crippen molar-refractivity contribution in [3.8, 4) is 0 Å². The van der Waals surface area contributed by atoms with Gasteiger partial charge in [0.2, 0.25) is 0 Å². The van der Waals surface area contributed by atoms with E-state index >= 15 is 0 Å². The number of hydrogen-bond acceptors (Lipinski definition) is 1. The first-order valence-corrected chi connectivity index (χ1v) is 13.5. The Labute approximate surface area is 186 Å². The van der Waals surface area contributed by atoms with E-state index < -0.39 is 0 Å². The second-order valence-electron chi connectivity index (χ2n) is 13.6. The summed E-state index contributed by atoms with van der Waals surface area (Å²) >= 11 is 0. The molecule has 5 rings (SSSR count). The third kappa shape index (κ3) is 2.69. The Balaban J connectivity index is 1.38. The van der Waals surface area contributed by atoms with Crippen molar-refractivity contribution in [2.75, 3.05) is 0 Å². The van der Waals surface area contributed by atoms with Gasteiger partial charge in [-0.3, -0.25) is 0 Å². The summed E-state index contributed by atoms with van der Waals surface area (Å²) in [7, 11) is 0. The Bertz CT molecular complexity index is 718. The van der Waals surface area contributed by atoms with Crippen molar-refractivity contribution in [2.45, 2.75) is 118 Å².